The van der Waals surface area contributed by atoms with Crippen LogP contribution in [0.2, 0.25) is 0 Å². The molecule has 0 aliphatic heterocycles. The number of nitrogens with zero attached hydrogens (tertiary/aromatic N) is 1. The molecular weight excluding hydrogens is 392 g/mol. The molecular formula is C21H28N2O5S. The Morgan fingerprint density at radius 1 is 1.07 bits per heavy atom. The molecule has 0 saturated carbocycles. The Bertz CT molecular complexity index is 989. The van der Waals surface area contributed by atoms with E-state index in [1.54, 1.807) is 31.2 Å². The van der Waals surface area contributed by atoms with E-state index >= 15 is 0 Å². The van der Waals surface area contributed by atoms with E-state index in [9.17, 15) is 13.2 Å². The number of aryl methyl sites for hydroxylation is 2. The zero-order chi connectivity index (χ0) is 21.8. The lowest BCUT2D eigenvalue weighted by molar-refractivity contribution is -0.117. The van der Waals surface area contributed by atoms with Crippen molar-refractivity contribution in [3.05, 3.63) is 47.5 Å². The molecule has 0 aromatic heterocycles. The van der Waals surface area contributed by atoms with Crippen LogP contribution in [0.15, 0.2) is 36.4 Å². The van der Waals surface area contributed by atoms with Crippen LogP contribution in [0.5, 0.6) is 11.5 Å². The summed E-state index contributed by atoms with van der Waals surface area (Å²) in [5, 5.41) is 2.79. The summed E-state index contributed by atoms with van der Waals surface area (Å²) < 4.78 is 37.0. The fourth-order valence-electron chi connectivity index (χ4n) is 3.13. The average molecular weight is 421 g/mol. The van der Waals surface area contributed by atoms with Gasteiger partial charge in [0, 0.05) is 11.8 Å². The minimum absolute atomic E-state index is 0.305. The molecule has 0 heterocycles. The summed E-state index contributed by atoms with van der Waals surface area (Å²) in [5.74, 6) is 0.574. The van der Waals surface area contributed by atoms with Crippen molar-refractivity contribution < 1.29 is 22.7 Å². The van der Waals surface area contributed by atoms with Gasteiger partial charge in [-0.3, -0.25) is 9.10 Å². The third-order valence-electron chi connectivity index (χ3n) is 4.58. The van der Waals surface area contributed by atoms with Crippen LogP contribution in [0.25, 0.3) is 0 Å². The van der Waals surface area contributed by atoms with Crippen LogP contribution in [0, 0.1) is 13.8 Å². The van der Waals surface area contributed by atoms with Crippen molar-refractivity contribution in [1.29, 1.82) is 0 Å². The third kappa shape index (κ3) is 5.20. The maximum Gasteiger partial charge on any atom is 0.248 e. The number of benzene rings is 2. The number of sulfonamides is 1. The number of anilines is 2. The first kappa shape index (κ1) is 22.5. The molecule has 29 heavy (non-hydrogen) atoms. The van der Waals surface area contributed by atoms with Crippen molar-refractivity contribution in [2.75, 3.05) is 30.1 Å². The smallest absolute Gasteiger partial charge is 0.248 e. The Balaban J connectivity index is 2.43. The van der Waals surface area contributed by atoms with Crippen molar-refractivity contribution in [1.82, 2.24) is 0 Å². The van der Waals surface area contributed by atoms with Crippen LogP contribution in [-0.4, -0.2) is 40.8 Å². The highest BCUT2D eigenvalue weighted by Gasteiger charge is 2.32. The maximum absolute atomic E-state index is 13.1. The Morgan fingerprint density at radius 3 is 2.28 bits per heavy atom. The monoisotopic (exact) mass is 420 g/mol. The highest BCUT2D eigenvalue weighted by molar-refractivity contribution is 7.92. The van der Waals surface area contributed by atoms with Crippen LogP contribution in [0.4, 0.5) is 11.4 Å². The van der Waals surface area contributed by atoms with Gasteiger partial charge in [0.05, 0.1) is 26.2 Å². The van der Waals surface area contributed by atoms with Crippen LogP contribution < -0.4 is 19.1 Å². The molecule has 2 rings (SSSR count). The van der Waals surface area contributed by atoms with Crippen molar-refractivity contribution in [2.45, 2.75) is 33.2 Å². The van der Waals surface area contributed by atoms with Gasteiger partial charge in [-0.15, -0.1) is 0 Å². The fourth-order valence-corrected chi connectivity index (χ4v) is 4.39. The molecule has 0 unspecified atom stereocenters. The van der Waals surface area contributed by atoms with Gasteiger partial charge in [0.15, 0.2) is 11.5 Å². The Labute approximate surface area is 172 Å². The van der Waals surface area contributed by atoms with E-state index in [2.05, 4.69) is 5.32 Å². The van der Waals surface area contributed by atoms with Crippen LogP contribution >= 0.6 is 0 Å². The van der Waals surface area contributed by atoms with E-state index in [1.807, 2.05) is 26.0 Å². The molecule has 0 saturated heterocycles. The molecule has 1 N–H and O–H groups in total. The summed E-state index contributed by atoms with van der Waals surface area (Å²) in [4.78, 5) is 13.1. The first-order valence-corrected chi connectivity index (χ1v) is 11.1. The number of carbonyl (C=O) groups is 1. The van der Waals surface area contributed by atoms with Gasteiger partial charge < -0.3 is 14.8 Å². The Hall–Kier alpha value is -2.74. The molecule has 0 radical (unpaired) electrons. The minimum atomic E-state index is -3.70. The van der Waals surface area contributed by atoms with Crippen molar-refractivity contribution in [3.8, 4) is 11.5 Å². The predicted molar refractivity (Wildman–Crippen MR) is 115 cm³/mol. The number of rotatable bonds is 8. The quantitative estimate of drug-likeness (QED) is 0.706. The van der Waals surface area contributed by atoms with Crippen molar-refractivity contribution in [3.63, 3.8) is 0 Å². The average Bonchev–Trinajstić information content (AvgIpc) is 2.66. The van der Waals surface area contributed by atoms with Crippen LogP contribution in [-0.2, 0) is 14.8 Å². The molecule has 0 fully saturated rings. The van der Waals surface area contributed by atoms with E-state index in [4.69, 9.17) is 9.47 Å². The first-order chi connectivity index (χ1) is 13.6. The largest absolute Gasteiger partial charge is 0.493 e. The molecule has 1 atom stereocenters. The van der Waals surface area contributed by atoms with Gasteiger partial charge in [-0.2, -0.15) is 0 Å². The van der Waals surface area contributed by atoms with Gasteiger partial charge >= 0.3 is 0 Å². The lowest BCUT2D eigenvalue weighted by atomic mass is 10.1. The number of carbonyl (C=O) groups excluding carboxylic acids is 1. The van der Waals surface area contributed by atoms with Gasteiger partial charge in [-0.25, -0.2) is 8.42 Å². The molecule has 7 nitrogen and oxygen atoms in total. The Kier molecular flexibility index (Phi) is 7.13. The van der Waals surface area contributed by atoms with Gasteiger partial charge in [0.25, 0.3) is 0 Å². The van der Waals surface area contributed by atoms with Gasteiger partial charge in [0.1, 0.15) is 6.04 Å². The number of hydrogen-bond donors (Lipinski definition) is 1. The van der Waals surface area contributed by atoms with Gasteiger partial charge in [-0.05, 0) is 49.6 Å². The van der Waals surface area contributed by atoms with Crippen LogP contribution in [0.1, 0.15) is 24.5 Å². The molecule has 2 aromatic carbocycles. The summed E-state index contributed by atoms with van der Waals surface area (Å²) in [6.45, 7) is 5.49. The minimum Gasteiger partial charge on any atom is -0.493 e. The summed E-state index contributed by atoms with van der Waals surface area (Å²) in [6.07, 6.45) is 1.42. The van der Waals surface area contributed by atoms with E-state index in [1.165, 1.54) is 18.5 Å². The standard InChI is InChI=1S/C21H28N2O5S/c1-7-17(21(24)22-16-10-11-19(27-4)20(13-16)28-5)23(29(6,25)26)18-12-14(2)8-9-15(18)3/h8-13,17H,7H2,1-6H3,(H,22,24)/t17-/m0/s1. The molecule has 0 aliphatic carbocycles. The molecule has 158 valence electrons. The second-order valence-corrected chi connectivity index (χ2v) is 8.69. The molecule has 0 spiro atoms. The van der Waals surface area contributed by atoms with E-state index < -0.39 is 22.0 Å². The summed E-state index contributed by atoms with van der Waals surface area (Å²) in [6, 6.07) is 9.61. The summed E-state index contributed by atoms with van der Waals surface area (Å²) in [7, 11) is -0.672. The molecule has 0 bridgehead atoms. The zero-order valence-electron chi connectivity index (χ0n) is 17.6. The predicted octanol–water partition coefficient (Wildman–Crippen LogP) is 3.50. The summed E-state index contributed by atoms with van der Waals surface area (Å²) >= 11 is 0. The SMILES string of the molecule is CC[C@@H](C(=O)Nc1ccc(OC)c(OC)c1)N(c1cc(C)ccc1C)S(C)(=O)=O. The maximum atomic E-state index is 13.1. The van der Waals surface area contributed by atoms with E-state index in [0.717, 1.165) is 17.4 Å². The molecule has 2 aromatic rings. The van der Waals surface area contributed by atoms with E-state index in [-0.39, 0.29) is 0 Å². The number of ether oxygens (including phenoxy) is 2. The fraction of sp³-hybridized carbons (Fsp3) is 0.381. The first-order valence-electron chi connectivity index (χ1n) is 9.21. The Morgan fingerprint density at radius 2 is 1.72 bits per heavy atom. The lowest BCUT2D eigenvalue weighted by Crippen LogP contribution is -2.47. The second kappa shape index (κ2) is 9.17. The number of amides is 1. The van der Waals surface area contributed by atoms with Crippen molar-refractivity contribution in [2.24, 2.45) is 0 Å². The second-order valence-electron chi connectivity index (χ2n) is 6.83. The highest BCUT2D eigenvalue weighted by Crippen LogP contribution is 2.31. The highest BCUT2D eigenvalue weighted by atomic mass is 32.2. The normalized spacial score (nSPS) is 12.2. The lowest BCUT2D eigenvalue weighted by Gasteiger charge is -2.31. The molecule has 0 aliphatic rings. The number of nitrogens with one attached hydrogen (secondary N) is 1. The van der Waals surface area contributed by atoms with Gasteiger partial charge in [0.2, 0.25) is 15.9 Å². The molecule has 8 heteroatoms. The topological polar surface area (TPSA) is 84.9 Å². The number of methoxy groups -OCH3 is 2. The van der Waals surface area contributed by atoms with Gasteiger partial charge in [-0.1, -0.05) is 19.1 Å². The number of hydrogen-bond acceptors (Lipinski definition) is 5. The molecule has 1 amide bonds. The van der Waals surface area contributed by atoms with Crippen LogP contribution in [0.3, 0.4) is 0 Å². The third-order valence-corrected chi connectivity index (χ3v) is 5.75. The zero-order valence-corrected chi connectivity index (χ0v) is 18.5. The van der Waals surface area contributed by atoms with Crippen molar-refractivity contribution >= 4 is 27.3 Å². The summed E-state index contributed by atoms with van der Waals surface area (Å²) in [5.41, 5.74) is 2.68. The van der Waals surface area contributed by atoms with E-state index in [0.29, 0.717) is 29.3 Å².